The Hall–Kier alpha value is -4.20. The Labute approximate surface area is 190 Å². The zero-order valence-corrected chi connectivity index (χ0v) is 18.8. The van der Waals surface area contributed by atoms with E-state index in [-0.39, 0.29) is 28.8 Å². The number of carbonyl (C=O) groups excluding carboxylic acids is 2. The molecule has 1 amide bonds. The Balaban J connectivity index is 0.000000189. The number of aryl methyl sites for hydroxylation is 2. The smallest absolute Gasteiger partial charge is 0.279 e. The monoisotopic (exact) mass is 447 g/mol. The summed E-state index contributed by atoms with van der Waals surface area (Å²) in [7, 11) is 0. The molecule has 0 spiro atoms. The predicted molar refractivity (Wildman–Crippen MR) is 127 cm³/mol. The number of carbonyl (C=O) groups is 2. The molecule has 0 saturated carbocycles. The van der Waals surface area contributed by atoms with Crippen molar-refractivity contribution in [1.29, 1.82) is 0 Å². The summed E-state index contributed by atoms with van der Waals surface area (Å²) >= 11 is 0. The number of ether oxygens (including phenoxy) is 1. The van der Waals surface area contributed by atoms with Crippen LogP contribution in [-0.4, -0.2) is 23.8 Å². The first-order valence-corrected chi connectivity index (χ1v) is 10.2. The zero-order valence-electron chi connectivity index (χ0n) is 18.8. The normalized spacial score (nSPS) is 14.2. The van der Waals surface area contributed by atoms with Gasteiger partial charge in [0.2, 0.25) is 5.43 Å². The summed E-state index contributed by atoms with van der Waals surface area (Å²) in [5, 5.41) is 0.461. The Morgan fingerprint density at radius 1 is 1.03 bits per heavy atom. The molecule has 1 atom stereocenters. The largest absolute Gasteiger partial charge is 0.485 e. The first-order valence-electron chi connectivity index (χ1n) is 10.2. The molecule has 1 aliphatic rings. The number of para-hydroxylation sites is 2. The number of benzene rings is 2. The lowest BCUT2D eigenvalue weighted by Crippen LogP contribution is -2.28. The minimum absolute atomic E-state index is 0.105. The Bertz CT molecular complexity index is 1360. The molecule has 0 bridgehead atoms. The van der Waals surface area contributed by atoms with Crippen molar-refractivity contribution in [3.8, 4) is 5.75 Å². The maximum atomic E-state index is 11.8. The molecule has 4 rings (SSSR count). The number of nitrogens with two attached hydrogens (primary N) is 2. The highest BCUT2D eigenvalue weighted by molar-refractivity contribution is 6.05. The van der Waals surface area contributed by atoms with Crippen molar-refractivity contribution in [2.24, 2.45) is 16.5 Å². The van der Waals surface area contributed by atoms with E-state index < -0.39 is 5.91 Å². The molecule has 1 unspecified atom stereocenters. The molecule has 0 aliphatic carbocycles. The predicted octanol–water partition coefficient (Wildman–Crippen LogP) is 3.26. The number of hydrogen-bond donors (Lipinski definition) is 2. The van der Waals surface area contributed by atoms with E-state index in [0.717, 1.165) is 22.4 Å². The first kappa shape index (κ1) is 23.5. The van der Waals surface area contributed by atoms with E-state index in [1.54, 1.807) is 25.1 Å². The van der Waals surface area contributed by atoms with E-state index in [2.05, 4.69) is 4.99 Å². The van der Waals surface area contributed by atoms with Crippen molar-refractivity contribution in [3.05, 3.63) is 80.7 Å². The number of guanidine groups is 1. The van der Waals surface area contributed by atoms with Gasteiger partial charge in [0, 0.05) is 5.56 Å². The second-order valence-electron chi connectivity index (χ2n) is 7.68. The highest BCUT2D eigenvalue weighted by Crippen LogP contribution is 2.32. The Morgan fingerprint density at radius 3 is 2.36 bits per heavy atom. The lowest BCUT2D eigenvalue weighted by atomic mass is 10.00. The molecule has 2 heterocycles. The third kappa shape index (κ3) is 5.01. The molecule has 0 radical (unpaired) electrons. The van der Waals surface area contributed by atoms with Crippen LogP contribution in [0.1, 0.15) is 40.9 Å². The fourth-order valence-electron chi connectivity index (χ4n) is 3.44. The highest BCUT2D eigenvalue weighted by Gasteiger charge is 2.24. The molecular weight excluding hydrogens is 422 g/mol. The number of rotatable bonds is 2. The van der Waals surface area contributed by atoms with Crippen LogP contribution in [0, 0.1) is 13.8 Å². The highest BCUT2D eigenvalue weighted by atomic mass is 16.5. The van der Waals surface area contributed by atoms with Crippen LogP contribution in [0.25, 0.3) is 17.0 Å². The summed E-state index contributed by atoms with van der Waals surface area (Å²) in [4.78, 5) is 38.3. The number of fused-ring (bicyclic) bond motifs is 2. The number of amides is 1. The van der Waals surface area contributed by atoms with Crippen LogP contribution < -0.4 is 21.6 Å². The molecule has 33 heavy (non-hydrogen) atoms. The molecule has 8 heteroatoms. The summed E-state index contributed by atoms with van der Waals surface area (Å²) in [5.74, 6) is -0.184. The second kappa shape index (κ2) is 9.52. The van der Waals surface area contributed by atoms with Gasteiger partial charge < -0.3 is 20.6 Å². The molecule has 8 nitrogen and oxygen atoms in total. The number of nitrogens with zero attached hydrogens (tertiary/aromatic N) is 1. The quantitative estimate of drug-likeness (QED) is 0.349. The van der Waals surface area contributed by atoms with Crippen molar-refractivity contribution in [1.82, 2.24) is 0 Å². The van der Waals surface area contributed by atoms with Crippen molar-refractivity contribution < 1.29 is 18.7 Å². The third-order valence-electron chi connectivity index (χ3n) is 5.14. The number of ketones is 1. The number of hydrogen-bond acceptors (Lipinski definition) is 5. The van der Waals surface area contributed by atoms with E-state index in [9.17, 15) is 14.4 Å². The second-order valence-corrected chi connectivity index (χ2v) is 7.68. The Kier molecular flexibility index (Phi) is 6.77. The van der Waals surface area contributed by atoms with Crippen molar-refractivity contribution in [2.75, 3.05) is 0 Å². The van der Waals surface area contributed by atoms with Gasteiger partial charge in [0.05, 0.1) is 11.0 Å². The average Bonchev–Trinajstić information content (AvgIpc) is 2.74. The van der Waals surface area contributed by atoms with Crippen LogP contribution in [-0.2, 0) is 4.79 Å². The number of Topliss-reactive ketones (excluding diaryl/α,β-unsaturated/α-hetero) is 1. The standard InChI is InChI=1S/C13H15N3O2.C12H10O3/c1-7-4-3-5-9-6-10(8(2)18-11(7)9)12(17)16-13(14)15;1-7-4-3-5-9-11(14)10(8(2)13)6-15-12(7)9/h3-6,8H,1-2H3,(H4,14,15,16,17);3-6H,1-2H3. The van der Waals surface area contributed by atoms with Crippen LogP contribution in [0.3, 0.4) is 0 Å². The fraction of sp³-hybridized carbons (Fsp3) is 0.200. The maximum absolute atomic E-state index is 11.8. The number of aliphatic imine (C=N–C) groups is 1. The topological polar surface area (TPSA) is 138 Å². The zero-order chi connectivity index (χ0) is 24.3. The summed E-state index contributed by atoms with van der Waals surface area (Å²) in [6.45, 7) is 6.97. The van der Waals surface area contributed by atoms with Crippen LogP contribution >= 0.6 is 0 Å². The molecule has 2 aromatic carbocycles. The molecule has 4 N–H and O–H groups in total. The fourth-order valence-corrected chi connectivity index (χ4v) is 3.44. The van der Waals surface area contributed by atoms with Gasteiger partial charge in [-0.3, -0.25) is 14.4 Å². The Morgan fingerprint density at radius 2 is 1.70 bits per heavy atom. The molecular formula is C25H25N3O5. The summed E-state index contributed by atoms with van der Waals surface area (Å²) in [6, 6.07) is 11.1. The average molecular weight is 447 g/mol. The van der Waals surface area contributed by atoms with E-state index in [1.165, 1.54) is 13.2 Å². The van der Waals surface area contributed by atoms with Gasteiger partial charge in [-0.1, -0.05) is 30.3 Å². The van der Waals surface area contributed by atoms with Crippen LogP contribution in [0.2, 0.25) is 0 Å². The van der Waals surface area contributed by atoms with Gasteiger partial charge in [0.25, 0.3) is 5.91 Å². The molecule has 3 aromatic rings. The van der Waals surface area contributed by atoms with E-state index >= 15 is 0 Å². The molecule has 0 saturated heterocycles. The minimum Gasteiger partial charge on any atom is -0.485 e. The maximum Gasteiger partial charge on any atom is 0.279 e. The van der Waals surface area contributed by atoms with Gasteiger partial charge in [-0.2, -0.15) is 4.99 Å². The van der Waals surface area contributed by atoms with Gasteiger partial charge in [0.1, 0.15) is 29.3 Å². The van der Waals surface area contributed by atoms with Crippen LogP contribution in [0.15, 0.2) is 62.4 Å². The van der Waals surface area contributed by atoms with Gasteiger partial charge in [-0.05, 0) is 51.0 Å². The molecule has 1 aliphatic heterocycles. The lowest BCUT2D eigenvalue weighted by molar-refractivity contribution is -0.115. The summed E-state index contributed by atoms with van der Waals surface area (Å²) in [6.07, 6.45) is 2.64. The first-order chi connectivity index (χ1) is 15.6. The van der Waals surface area contributed by atoms with E-state index in [1.807, 2.05) is 38.1 Å². The van der Waals surface area contributed by atoms with Crippen molar-refractivity contribution in [3.63, 3.8) is 0 Å². The summed E-state index contributed by atoms with van der Waals surface area (Å²) < 4.78 is 11.0. The van der Waals surface area contributed by atoms with Crippen LogP contribution in [0.5, 0.6) is 5.75 Å². The van der Waals surface area contributed by atoms with Crippen LogP contribution in [0.4, 0.5) is 0 Å². The van der Waals surface area contributed by atoms with E-state index in [0.29, 0.717) is 16.5 Å². The minimum atomic E-state index is -0.463. The SMILES string of the molecule is CC(=O)c1coc2c(C)cccc2c1=O.Cc1cccc2c1OC(C)C(C(=O)N=C(N)N)=C2. The molecule has 1 aromatic heterocycles. The molecule has 0 fully saturated rings. The summed E-state index contributed by atoms with van der Waals surface area (Å²) in [5.41, 5.74) is 14.0. The third-order valence-corrected chi connectivity index (χ3v) is 5.14. The van der Waals surface area contributed by atoms with Gasteiger partial charge in [-0.25, -0.2) is 0 Å². The molecule has 170 valence electrons. The van der Waals surface area contributed by atoms with Gasteiger partial charge in [0.15, 0.2) is 11.7 Å². The van der Waals surface area contributed by atoms with Gasteiger partial charge in [-0.15, -0.1) is 0 Å². The van der Waals surface area contributed by atoms with E-state index in [4.69, 9.17) is 20.6 Å². The van der Waals surface area contributed by atoms with Gasteiger partial charge >= 0.3 is 0 Å². The van der Waals surface area contributed by atoms with Crippen molar-refractivity contribution >= 4 is 34.7 Å². The van der Waals surface area contributed by atoms with Crippen molar-refractivity contribution in [2.45, 2.75) is 33.8 Å². The lowest BCUT2D eigenvalue weighted by Gasteiger charge is -2.24.